The molecule has 1 rings (SSSR count). The molecule has 0 aromatic carbocycles. The van der Waals surface area contributed by atoms with Gasteiger partial charge in [0.15, 0.2) is 0 Å². The monoisotopic (exact) mass is 293 g/mol. The van der Waals surface area contributed by atoms with Gasteiger partial charge in [-0.05, 0) is 44.5 Å². The Hall–Kier alpha value is -2.57. The molecular formula is C14H19N3O4. The van der Waals surface area contributed by atoms with Crippen LogP contribution in [-0.2, 0) is 11.3 Å². The molecule has 0 aliphatic carbocycles. The van der Waals surface area contributed by atoms with Crippen LogP contribution in [0, 0.1) is 0 Å². The molecule has 114 valence electrons. The lowest BCUT2D eigenvalue weighted by molar-refractivity contribution is 0.0552. The number of hydrogen-bond donors (Lipinski definition) is 3. The number of ether oxygens (including phenoxy) is 1. The zero-order valence-corrected chi connectivity index (χ0v) is 12.2. The third-order valence-electron chi connectivity index (χ3n) is 2.14. The average molecular weight is 293 g/mol. The Bertz CT molecular complexity index is 535. The first-order chi connectivity index (χ1) is 9.76. The van der Waals surface area contributed by atoms with Crippen LogP contribution in [0.2, 0.25) is 0 Å². The molecule has 0 aliphatic rings. The zero-order valence-electron chi connectivity index (χ0n) is 12.2. The Balaban J connectivity index is 2.54. The molecule has 1 aromatic heterocycles. The largest absolute Gasteiger partial charge is 0.465 e. The number of carbonyl (C=O) groups excluding carboxylic acids is 1. The number of carboxylic acid groups (broad SMARTS) is 1. The van der Waals surface area contributed by atoms with Gasteiger partial charge in [0.25, 0.3) is 0 Å². The predicted molar refractivity (Wildman–Crippen MR) is 77.5 cm³/mol. The van der Waals surface area contributed by atoms with Crippen LogP contribution < -0.4 is 10.6 Å². The summed E-state index contributed by atoms with van der Waals surface area (Å²) in [6, 6.07) is 3.45. The molecule has 0 saturated carbocycles. The topological polar surface area (TPSA) is 101 Å². The summed E-state index contributed by atoms with van der Waals surface area (Å²) in [7, 11) is 0. The smallest absolute Gasteiger partial charge is 0.411 e. The van der Waals surface area contributed by atoms with Gasteiger partial charge in [-0.2, -0.15) is 0 Å². The van der Waals surface area contributed by atoms with Gasteiger partial charge < -0.3 is 15.2 Å². The highest BCUT2D eigenvalue weighted by Gasteiger charge is 2.14. The van der Waals surface area contributed by atoms with Gasteiger partial charge in [0.1, 0.15) is 5.60 Å². The molecule has 7 heteroatoms. The molecule has 21 heavy (non-hydrogen) atoms. The molecule has 0 atom stereocenters. The van der Waals surface area contributed by atoms with Crippen LogP contribution in [0.5, 0.6) is 0 Å². The van der Waals surface area contributed by atoms with Crippen molar-refractivity contribution in [3.05, 3.63) is 35.8 Å². The lowest BCUT2D eigenvalue weighted by Crippen LogP contribution is -2.29. The number of pyridine rings is 1. The van der Waals surface area contributed by atoms with E-state index < -0.39 is 17.8 Å². The van der Waals surface area contributed by atoms with Crippen molar-refractivity contribution in [3.8, 4) is 0 Å². The maximum atomic E-state index is 11.4. The minimum atomic E-state index is -1.11. The van der Waals surface area contributed by atoms with E-state index in [1.54, 1.807) is 45.2 Å². The summed E-state index contributed by atoms with van der Waals surface area (Å²) < 4.78 is 5.08. The first-order valence-corrected chi connectivity index (χ1v) is 6.34. The van der Waals surface area contributed by atoms with Gasteiger partial charge in [0, 0.05) is 12.4 Å². The van der Waals surface area contributed by atoms with E-state index in [0.717, 1.165) is 5.56 Å². The quantitative estimate of drug-likeness (QED) is 0.791. The summed E-state index contributed by atoms with van der Waals surface area (Å²) in [5, 5.41) is 13.2. The molecule has 2 amide bonds. The minimum Gasteiger partial charge on any atom is -0.465 e. The molecule has 1 aromatic rings. The Morgan fingerprint density at radius 2 is 2.14 bits per heavy atom. The second-order valence-electron chi connectivity index (χ2n) is 5.22. The fourth-order valence-electron chi connectivity index (χ4n) is 1.38. The van der Waals surface area contributed by atoms with Crippen molar-refractivity contribution in [2.45, 2.75) is 32.9 Å². The highest BCUT2D eigenvalue weighted by molar-refractivity contribution is 5.70. The summed E-state index contributed by atoms with van der Waals surface area (Å²) in [5.41, 5.74) is 0.810. The van der Waals surface area contributed by atoms with Gasteiger partial charge in [-0.1, -0.05) is 0 Å². The summed E-state index contributed by atoms with van der Waals surface area (Å²) in [6.07, 6.45) is 3.03. The Morgan fingerprint density at radius 3 is 2.76 bits per heavy atom. The number of carbonyl (C=O) groups is 2. The molecule has 0 unspecified atom stereocenters. The van der Waals surface area contributed by atoms with Crippen molar-refractivity contribution in [2.24, 2.45) is 0 Å². The molecule has 3 N–H and O–H groups in total. The van der Waals surface area contributed by atoms with Crippen LogP contribution >= 0.6 is 0 Å². The molecule has 0 spiro atoms. The fraction of sp³-hybridized carbons (Fsp3) is 0.357. The van der Waals surface area contributed by atoms with Gasteiger partial charge in [-0.3, -0.25) is 10.3 Å². The number of amides is 2. The summed E-state index contributed by atoms with van der Waals surface area (Å²) in [5.74, 6) is 0. The second-order valence-corrected chi connectivity index (χ2v) is 5.22. The van der Waals surface area contributed by atoms with Gasteiger partial charge in [-0.25, -0.2) is 9.59 Å². The van der Waals surface area contributed by atoms with Crippen molar-refractivity contribution in [3.63, 3.8) is 0 Å². The van der Waals surface area contributed by atoms with Crippen LogP contribution in [0.3, 0.4) is 0 Å². The van der Waals surface area contributed by atoms with Gasteiger partial charge in [0.2, 0.25) is 0 Å². The van der Waals surface area contributed by atoms with Crippen LogP contribution in [0.4, 0.5) is 9.59 Å². The van der Waals surface area contributed by atoms with E-state index in [4.69, 9.17) is 9.84 Å². The highest BCUT2D eigenvalue weighted by atomic mass is 16.6. The standard InChI is InChI=1S/C14H19N3O4/c1-14(2,3)21-13(20)16-7-5-10-4-6-15-11(8-10)9-17-12(18)19/h4-8,17H,9H2,1-3H3,(H,16,20)(H,18,19)/b7-5-. The van der Waals surface area contributed by atoms with E-state index in [0.29, 0.717) is 5.69 Å². The van der Waals surface area contributed by atoms with Crippen molar-refractivity contribution in [2.75, 3.05) is 0 Å². The highest BCUT2D eigenvalue weighted by Crippen LogP contribution is 2.07. The molecule has 0 fully saturated rings. The summed E-state index contributed by atoms with van der Waals surface area (Å²) in [6.45, 7) is 5.46. The molecule has 0 bridgehead atoms. The number of alkyl carbamates (subject to hydrolysis) is 1. The average Bonchev–Trinajstić information content (AvgIpc) is 2.34. The number of aromatic nitrogens is 1. The molecular weight excluding hydrogens is 274 g/mol. The fourth-order valence-corrected chi connectivity index (χ4v) is 1.38. The maximum absolute atomic E-state index is 11.4. The Morgan fingerprint density at radius 1 is 1.43 bits per heavy atom. The molecule has 0 radical (unpaired) electrons. The molecule has 1 heterocycles. The van der Waals surface area contributed by atoms with Crippen LogP contribution in [-0.4, -0.2) is 27.9 Å². The van der Waals surface area contributed by atoms with Crippen LogP contribution in [0.25, 0.3) is 6.08 Å². The van der Waals surface area contributed by atoms with Crippen LogP contribution in [0.1, 0.15) is 32.0 Å². The summed E-state index contributed by atoms with van der Waals surface area (Å²) in [4.78, 5) is 25.9. The predicted octanol–water partition coefficient (Wildman–Crippen LogP) is 2.34. The van der Waals surface area contributed by atoms with E-state index in [1.165, 1.54) is 6.20 Å². The third-order valence-corrected chi connectivity index (χ3v) is 2.14. The maximum Gasteiger partial charge on any atom is 0.411 e. The lowest BCUT2D eigenvalue weighted by Gasteiger charge is -2.18. The second kappa shape index (κ2) is 7.28. The van der Waals surface area contributed by atoms with E-state index >= 15 is 0 Å². The zero-order chi connectivity index (χ0) is 15.9. The normalized spacial score (nSPS) is 11.2. The molecule has 0 saturated heterocycles. The van der Waals surface area contributed by atoms with E-state index in [9.17, 15) is 9.59 Å². The number of nitrogens with one attached hydrogen (secondary N) is 2. The molecule has 7 nitrogen and oxygen atoms in total. The van der Waals surface area contributed by atoms with E-state index in [2.05, 4.69) is 15.6 Å². The van der Waals surface area contributed by atoms with E-state index in [-0.39, 0.29) is 6.54 Å². The lowest BCUT2D eigenvalue weighted by atomic mass is 10.2. The minimum absolute atomic E-state index is 0.122. The Labute approximate surface area is 123 Å². The first-order valence-electron chi connectivity index (χ1n) is 6.34. The van der Waals surface area contributed by atoms with Crippen molar-refractivity contribution >= 4 is 18.3 Å². The number of rotatable bonds is 4. The van der Waals surface area contributed by atoms with Crippen molar-refractivity contribution < 1.29 is 19.4 Å². The van der Waals surface area contributed by atoms with Gasteiger partial charge in [-0.15, -0.1) is 0 Å². The molecule has 0 aliphatic heterocycles. The first kappa shape index (κ1) is 16.5. The van der Waals surface area contributed by atoms with Gasteiger partial charge >= 0.3 is 12.2 Å². The summed E-state index contributed by atoms with van der Waals surface area (Å²) >= 11 is 0. The SMILES string of the molecule is CC(C)(C)OC(=O)N/C=C\c1ccnc(CNC(=O)O)c1. The van der Waals surface area contributed by atoms with Gasteiger partial charge in [0.05, 0.1) is 12.2 Å². The number of hydrogen-bond acceptors (Lipinski definition) is 4. The Kier molecular flexibility index (Phi) is 5.71. The van der Waals surface area contributed by atoms with E-state index in [1.807, 2.05) is 0 Å². The number of nitrogens with zero attached hydrogens (tertiary/aromatic N) is 1. The van der Waals surface area contributed by atoms with Crippen LogP contribution in [0.15, 0.2) is 24.5 Å². The van der Waals surface area contributed by atoms with Crippen molar-refractivity contribution in [1.82, 2.24) is 15.6 Å². The van der Waals surface area contributed by atoms with Crippen molar-refractivity contribution in [1.29, 1.82) is 0 Å². The third kappa shape index (κ3) is 7.56.